The molecule has 0 spiro atoms. The highest BCUT2D eigenvalue weighted by Gasteiger charge is 2.13. The zero-order valence-corrected chi connectivity index (χ0v) is 5.18. The number of carbonyl (C=O) groups excluding carboxylic acids is 1. The minimum absolute atomic E-state index is 0.333. The Bertz CT molecular complexity index is 74.5. The lowest BCUT2D eigenvalue weighted by molar-refractivity contribution is -0.115. The molecule has 1 saturated heterocycles. The molecule has 0 bridgehead atoms. The summed E-state index contributed by atoms with van der Waals surface area (Å²) in [6, 6.07) is 0. The fourth-order valence-corrected chi connectivity index (χ4v) is 0.0962. The van der Waals surface area contributed by atoms with Crippen LogP contribution in [0.4, 0.5) is 0 Å². The maximum Gasteiger partial charge on any atom is 0.214 e. The maximum atomic E-state index is 9.22. The third-order valence-corrected chi connectivity index (χ3v) is 0.500. The Hall–Kier alpha value is -0.570. The van der Waals surface area contributed by atoms with E-state index < -0.39 is 0 Å². The number of rotatable bonds is 0. The normalized spacial score (nSPS) is 23.0. The fraction of sp³-hybridized carbons (Fsp3) is 0.800. The highest BCUT2D eigenvalue weighted by Crippen LogP contribution is 2.04. The first-order chi connectivity index (χ1) is 3.63. The average Bonchev–Trinajstić information content (AvgIpc) is 2.19. The van der Waals surface area contributed by atoms with Crippen LogP contribution in [-0.4, -0.2) is 18.6 Å². The molecule has 1 rings (SSSR count). The summed E-state index contributed by atoms with van der Waals surface area (Å²) in [5.41, 5.74) is 4.47. The van der Waals surface area contributed by atoms with E-state index >= 15 is 0 Å². The molecule has 8 heavy (non-hydrogen) atoms. The predicted molar refractivity (Wildman–Crippen MR) is 30.3 cm³/mol. The molecule has 1 heterocycles. The van der Waals surface area contributed by atoms with Crippen molar-refractivity contribution in [3.8, 4) is 0 Å². The van der Waals surface area contributed by atoms with Crippen molar-refractivity contribution in [1.29, 1.82) is 0 Å². The van der Waals surface area contributed by atoms with E-state index in [1.54, 1.807) is 0 Å². The zero-order chi connectivity index (χ0) is 6.57. The molecule has 0 radical (unpaired) electrons. The number of hydrogen-bond acceptors (Lipinski definition) is 2. The average molecular weight is 117 g/mol. The predicted octanol–water partition coefficient (Wildman–Crippen LogP) is -0.103. The number of hydrogen-bond donors (Lipinski definition) is 1. The molecule has 0 saturated carbocycles. The molecule has 0 aromatic rings. The van der Waals surface area contributed by atoms with E-state index in [4.69, 9.17) is 4.74 Å². The fourth-order valence-electron chi connectivity index (χ4n) is 0.0962. The number of primary amides is 1. The van der Waals surface area contributed by atoms with Crippen LogP contribution in [0.15, 0.2) is 0 Å². The summed E-state index contributed by atoms with van der Waals surface area (Å²) in [5, 5.41) is 0. The van der Waals surface area contributed by atoms with Gasteiger partial charge in [-0.05, 0) is 6.92 Å². The SMILES string of the molecule is CC(N)=O.CC1CO1. The van der Waals surface area contributed by atoms with Gasteiger partial charge < -0.3 is 10.5 Å². The summed E-state index contributed by atoms with van der Waals surface area (Å²) < 4.78 is 4.71. The monoisotopic (exact) mass is 117 g/mol. The molecule has 1 aliphatic rings. The van der Waals surface area contributed by atoms with Crippen molar-refractivity contribution in [2.45, 2.75) is 20.0 Å². The van der Waals surface area contributed by atoms with Gasteiger partial charge >= 0.3 is 0 Å². The lowest BCUT2D eigenvalue weighted by atomic mass is 10.6. The zero-order valence-electron chi connectivity index (χ0n) is 5.18. The van der Waals surface area contributed by atoms with E-state index in [9.17, 15) is 4.79 Å². The highest BCUT2D eigenvalue weighted by molar-refractivity contribution is 5.70. The van der Waals surface area contributed by atoms with E-state index in [0.29, 0.717) is 6.10 Å². The maximum absolute atomic E-state index is 9.22. The molecule has 0 aliphatic carbocycles. The van der Waals surface area contributed by atoms with Crippen molar-refractivity contribution < 1.29 is 9.53 Å². The van der Waals surface area contributed by atoms with Gasteiger partial charge in [0, 0.05) is 6.92 Å². The van der Waals surface area contributed by atoms with Crippen LogP contribution in [0.3, 0.4) is 0 Å². The number of carbonyl (C=O) groups is 1. The summed E-state index contributed by atoms with van der Waals surface area (Å²) in [6.07, 6.45) is 0.583. The van der Waals surface area contributed by atoms with Gasteiger partial charge in [-0.3, -0.25) is 4.79 Å². The van der Waals surface area contributed by atoms with Gasteiger partial charge in [-0.1, -0.05) is 0 Å². The summed E-state index contributed by atoms with van der Waals surface area (Å²) in [5.74, 6) is -0.333. The molecule has 48 valence electrons. The largest absolute Gasteiger partial charge is 0.373 e. The van der Waals surface area contributed by atoms with Gasteiger partial charge in [-0.25, -0.2) is 0 Å². The first-order valence-electron chi connectivity index (χ1n) is 2.50. The van der Waals surface area contributed by atoms with Crippen LogP contribution < -0.4 is 5.73 Å². The minimum atomic E-state index is -0.333. The molecule has 3 nitrogen and oxygen atoms in total. The number of ether oxygens (including phenoxy) is 1. The van der Waals surface area contributed by atoms with E-state index in [1.165, 1.54) is 6.92 Å². The quantitative estimate of drug-likeness (QED) is 0.450. The number of epoxide rings is 1. The second kappa shape index (κ2) is 3.43. The standard InChI is InChI=1S/C3H6O.C2H5NO/c1-3-2-4-3;1-2(3)4/h3H,2H2,1H3;1H3,(H2,3,4). The second-order valence-corrected chi connectivity index (χ2v) is 1.75. The van der Waals surface area contributed by atoms with Crippen LogP contribution in [-0.2, 0) is 9.53 Å². The Kier molecular flexibility index (Phi) is 3.19. The Morgan fingerprint density at radius 3 is 2.00 bits per heavy atom. The van der Waals surface area contributed by atoms with Crippen molar-refractivity contribution in [3.05, 3.63) is 0 Å². The van der Waals surface area contributed by atoms with Crippen LogP contribution in [0, 0.1) is 0 Å². The summed E-state index contributed by atoms with van der Waals surface area (Å²) in [7, 11) is 0. The van der Waals surface area contributed by atoms with Crippen LogP contribution >= 0.6 is 0 Å². The molecule has 1 aliphatic heterocycles. The van der Waals surface area contributed by atoms with E-state index in [1.807, 2.05) is 0 Å². The molecule has 1 atom stereocenters. The Morgan fingerprint density at radius 2 is 2.00 bits per heavy atom. The molecule has 0 aromatic heterocycles. The molecule has 1 fully saturated rings. The van der Waals surface area contributed by atoms with Gasteiger partial charge in [0.2, 0.25) is 5.91 Å². The van der Waals surface area contributed by atoms with Crippen LogP contribution in [0.25, 0.3) is 0 Å². The van der Waals surface area contributed by atoms with E-state index in [0.717, 1.165) is 6.61 Å². The van der Waals surface area contributed by atoms with Gasteiger partial charge in [0.1, 0.15) is 0 Å². The second-order valence-electron chi connectivity index (χ2n) is 1.75. The molecule has 3 heteroatoms. The van der Waals surface area contributed by atoms with Gasteiger partial charge in [0.25, 0.3) is 0 Å². The lowest BCUT2D eigenvalue weighted by Crippen LogP contribution is -2.01. The van der Waals surface area contributed by atoms with Crippen molar-refractivity contribution in [1.82, 2.24) is 0 Å². The third-order valence-electron chi connectivity index (χ3n) is 0.500. The lowest BCUT2D eigenvalue weighted by Gasteiger charge is -1.60. The molecule has 0 aromatic carbocycles. The topological polar surface area (TPSA) is 55.6 Å². The minimum Gasteiger partial charge on any atom is -0.373 e. The van der Waals surface area contributed by atoms with Crippen LogP contribution in [0.5, 0.6) is 0 Å². The summed E-state index contributed by atoms with van der Waals surface area (Å²) >= 11 is 0. The Morgan fingerprint density at radius 1 is 1.88 bits per heavy atom. The van der Waals surface area contributed by atoms with E-state index in [2.05, 4.69) is 12.7 Å². The van der Waals surface area contributed by atoms with Crippen LogP contribution in [0.2, 0.25) is 0 Å². The molecular formula is C5H11NO2. The first kappa shape index (κ1) is 7.43. The van der Waals surface area contributed by atoms with Crippen molar-refractivity contribution in [2.24, 2.45) is 5.73 Å². The summed E-state index contributed by atoms with van der Waals surface area (Å²) in [4.78, 5) is 9.22. The smallest absolute Gasteiger partial charge is 0.214 e. The molecular weight excluding hydrogens is 106 g/mol. The van der Waals surface area contributed by atoms with Crippen molar-refractivity contribution >= 4 is 5.91 Å². The molecule has 2 N–H and O–H groups in total. The number of nitrogens with two attached hydrogens (primary N) is 1. The first-order valence-corrected chi connectivity index (χ1v) is 2.50. The Labute approximate surface area is 48.8 Å². The van der Waals surface area contributed by atoms with Crippen molar-refractivity contribution in [2.75, 3.05) is 6.61 Å². The Balaban J connectivity index is 0.000000122. The van der Waals surface area contributed by atoms with Crippen molar-refractivity contribution in [3.63, 3.8) is 0 Å². The third kappa shape index (κ3) is 18.0. The molecule has 1 amide bonds. The van der Waals surface area contributed by atoms with Gasteiger partial charge in [-0.2, -0.15) is 0 Å². The number of amides is 1. The van der Waals surface area contributed by atoms with Gasteiger partial charge in [0.15, 0.2) is 0 Å². The highest BCUT2D eigenvalue weighted by atomic mass is 16.6. The summed E-state index contributed by atoms with van der Waals surface area (Å²) in [6.45, 7) is 4.35. The van der Waals surface area contributed by atoms with Crippen LogP contribution in [0.1, 0.15) is 13.8 Å². The van der Waals surface area contributed by atoms with Gasteiger partial charge in [0.05, 0.1) is 12.7 Å². The molecule has 1 unspecified atom stereocenters. The van der Waals surface area contributed by atoms with Gasteiger partial charge in [-0.15, -0.1) is 0 Å². The van der Waals surface area contributed by atoms with E-state index in [-0.39, 0.29) is 5.91 Å².